The van der Waals surface area contributed by atoms with Gasteiger partial charge in [0, 0.05) is 0 Å². The number of hydrogen-bond acceptors (Lipinski definition) is 4. The lowest BCUT2D eigenvalue weighted by molar-refractivity contribution is 0.157. The van der Waals surface area contributed by atoms with Gasteiger partial charge in [-0.25, -0.2) is 0 Å². The first-order valence-corrected chi connectivity index (χ1v) is 8.28. The van der Waals surface area contributed by atoms with Crippen LogP contribution in [0.15, 0.2) is 0 Å². The van der Waals surface area contributed by atoms with Crippen LogP contribution in [0.5, 0.6) is 0 Å². The molecule has 0 bridgehead atoms. The fraction of sp³-hybridized carbons (Fsp3) is 1.00. The summed E-state index contributed by atoms with van der Waals surface area (Å²) in [6.45, 7) is 12.6. The van der Waals surface area contributed by atoms with Gasteiger partial charge in [-0.15, -0.1) is 0 Å². The van der Waals surface area contributed by atoms with E-state index >= 15 is 0 Å². The molecular weight excluding hydrogens is 262 g/mol. The maximum Gasteiger partial charge on any atom is 0.0951 e. The standard InChI is InChI=1S/C5H12.C3H9NO.C3H9N.C2H7N.2C2H6/c1-3-5-4-2;1-4(2)3-5;1-4(2)3;1-3-2;2*1-2/h3-5H2,1-2H3;5H,3H2,1-2H3;1-3H3;3H,1-2H3;2*1-2H3. The van der Waals surface area contributed by atoms with Crippen LogP contribution in [0.1, 0.15) is 60.8 Å². The van der Waals surface area contributed by atoms with Gasteiger partial charge in [0.05, 0.1) is 6.73 Å². The lowest BCUT2D eigenvalue weighted by Gasteiger charge is -1.99. The van der Waals surface area contributed by atoms with Gasteiger partial charge in [0.2, 0.25) is 0 Å². The Kier molecular flexibility index (Phi) is 106. The fourth-order valence-corrected chi connectivity index (χ4v) is 0.354. The minimum Gasteiger partial charge on any atom is -0.381 e. The first-order chi connectivity index (χ1) is 9.83. The Labute approximate surface area is 137 Å². The molecule has 0 radical (unpaired) electrons. The lowest BCUT2D eigenvalue weighted by atomic mass is 10.3. The average molecular weight is 312 g/mol. The molecule has 0 saturated carbocycles. The summed E-state index contributed by atoms with van der Waals surface area (Å²) in [6.07, 6.45) is 4.08. The molecule has 0 aliphatic carbocycles. The van der Waals surface area contributed by atoms with Crippen LogP contribution in [0, 0.1) is 0 Å². The molecule has 0 saturated heterocycles. The van der Waals surface area contributed by atoms with E-state index in [4.69, 9.17) is 5.11 Å². The van der Waals surface area contributed by atoms with Gasteiger partial charge in [-0.1, -0.05) is 60.8 Å². The zero-order valence-corrected chi connectivity index (χ0v) is 17.7. The molecule has 0 rings (SSSR count). The summed E-state index contributed by atoms with van der Waals surface area (Å²) < 4.78 is 0. The highest BCUT2D eigenvalue weighted by Gasteiger charge is 1.73. The maximum atomic E-state index is 8.07. The third kappa shape index (κ3) is 428. The molecule has 0 aromatic heterocycles. The number of nitrogens with one attached hydrogen (secondary N) is 1. The van der Waals surface area contributed by atoms with E-state index < -0.39 is 0 Å². The van der Waals surface area contributed by atoms with Gasteiger partial charge >= 0.3 is 0 Å². The summed E-state index contributed by atoms with van der Waals surface area (Å²) in [5, 5.41) is 10.8. The molecular formula is C17H49N3O. The molecule has 0 heterocycles. The zero-order chi connectivity index (χ0) is 18.7. The van der Waals surface area contributed by atoms with Crippen LogP contribution in [0.2, 0.25) is 0 Å². The molecule has 0 amide bonds. The SMILES string of the molecule is CC.CC.CCCCC.CN(C)C.CN(C)CO.CNC. The molecule has 2 N–H and O–H groups in total. The van der Waals surface area contributed by atoms with Crippen molar-refractivity contribution in [2.75, 3.05) is 56.1 Å². The zero-order valence-electron chi connectivity index (χ0n) is 17.7. The van der Waals surface area contributed by atoms with Crippen LogP contribution in [0.4, 0.5) is 0 Å². The number of hydrogen-bond donors (Lipinski definition) is 2. The van der Waals surface area contributed by atoms with Crippen molar-refractivity contribution in [2.45, 2.75) is 60.8 Å². The lowest BCUT2D eigenvalue weighted by Crippen LogP contribution is -2.11. The Hall–Kier alpha value is -0.160. The Morgan fingerprint density at radius 3 is 0.905 bits per heavy atom. The first kappa shape index (κ1) is 37.2. The van der Waals surface area contributed by atoms with E-state index in [1.165, 1.54) is 19.3 Å². The molecule has 0 aliphatic heterocycles. The second-order valence-corrected chi connectivity index (χ2v) is 4.42. The van der Waals surface area contributed by atoms with Crippen molar-refractivity contribution in [3.05, 3.63) is 0 Å². The summed E-state index contributed by atoms with van der Waals surface area (Å²) >= 11 is 0. The molecule has 0 aliphatic rings. The maximum absolute atomic E-state index is 8.07. The van der Waals surface area contributed by atoms with Crippen LogP contribution in [-0.4, -0.2) is 71.0 Å². The second kappa shape index (κ2) is 59.9. The van der Waals surface area contributed by atoms with Crippen molar-refractivity contribution in [1.29, 1.82) is 0 Å². The van der Waals surface area contributed by atoms with Crippen LogP contribution in [-0.2, 0) is 0 Å². The average Bonchev–Trinajstić information content (AvgIpc) is 2.45. The van der Waals surface area contributed by atoms with Crippen molar-refractivity contribution in [1.82, 2.24) is 15.1 Å². The van der Waals surface area contributed by atoms with E-state index in [-0.39, 0.29) is 6.73 Å². The smallest absolute Gasteiger partial charge is 0.0951 e. The van der Waals surface area contributed by atoms with Gasteiger partial charge in [-0.05, 0) is 49.3 Å². The van der Waals surface area contributed by atoms with E-state index in [0.29, 0.717) is 0 Å². The van der Waals surface area contributed by atoms with Gasteiger partial charge in [-0.2, -0.15) is 0 Å². The number of rotatable bonds is 3. The summed E-state index contributed by atoms with van der Waals surface area (Å²) in [5.41, 5.74) is 0. The third-order valence-corrected chi connectivity index (χ3v) is 0.990. The monoisotopic (exact) mass is 311 g/mol. The van der Waals surface area contributed by atoms with Gasteiger partial charge in [0.25, 0.3) is 0 Å². The van der Waals surface area contributed by atoms with Gasteiger partial charge in [0.15, 0.2) is 0 Å². The quantitative estimate of drug-likeness (QED) is 0.778. The van der Waals surface area contributed by atoms with Crippen molar-refractivity contribution in [3.63, 3.8) is 0 Å². The first-order valence-electron chi connectivity index (χ1n) is 8.28. The van der Waals surface area contributed by atoms with Gasteiger partial charge in [-0.3, -0.25) is 4.90 Å². The van der Waals surface area contributed by atoms with Crippen LogP contribution in [0.3, 0.4) is 0 Å². The molecule has 21 heavy (non-hydrogen) atoms. The van der Waals surface area contributed by atoms with E-state index in [0.717, 1.165) is 0 Å². The molecule has 4 nitrogen and oxygen atoms in total. The molecule has 0 fully saturated rings. The number of nitrogens with zero attached hydrogens (tertiary/aromatic N) is 2. The minimum atomic E-state index is 0.139. The molecule has 138 valence electrons. The Morgan fingerprint density at radius 1 is 0.762 bits per heavy atom. The van der Waals surface area contributed by atoms with E-state index in [1.807, 2.05) is 67.8 Å². The van der Waals surface area contributed by atoms with Crippen LogP contribution >= 0.6 is 0 Å². The van der Waals surface area contributed by atoms with Crippen molar-refractivity contribution < 1.29 is 5.11 Å². The number of aliphatic hydroxyl groups excluding tert-OH is 1. The Bertz CT molecular complexity index is 85.3. The van der Waals surface area contributed by atoms with E-state index in [9.17, 15) is 0 Å². The Balaban J connectivity index is -0.0000000335. The predicted molar refractivity (Wildman–Crippen MR) is 103 cm³/mol. The highest BCUT2D eigenvalue weighted by atomic mass is 16.3. The summed E-state index contributed by atoms with van der Waals surface area (Å²) in [4.78, 5) is 3.68. The number of unbranched alkanes of at least 4 members (excludes halogenated alkanes) is 2. The highest BCUT2D eigenvalue weighted by molar-refractivity contribution is 4.24. The second-order valence-electron chi connectivity index (χ2n) is 4.42. The van der Waals surface area contributed by atoms with Crippen molar-refractivity contribution in [2.24, 2.45) is 0 Å². The molecule has 4 heteroatoms. The van der Waals surface area contributed by atoms with Crippen molar-refractivity contribution in [3.8, 4) is 0 Å². The van der Waals surface area contributed by atoms with E-state index in [2.05, 4.69) is 19.2 Å². The molecule has 0 spiro atoms. The number of aliphatic hydroxyl groups is 1. The topological polar surface area (TPSA) is 38.7 Å². The largest absolute Gasteiger partial charge is 0.381 e. The van der Waals surface area contributed by atoms with Crippen LogP contribution in [0.25, 0.3) is 0 Å². The highest BCUT2D eigenvalue weighted by Crippen LogP contribution is 1.88. The Morgan fingerprint density at radius 2 is 0.905 bits per heavy atom. The summed E-state index contributed by atoms with van der Waals surface area (Å²) in [7, 11) is 13.4. The van der Waals surface area contributed by atoms with Gasteiger partial charge in [0.1, 0.15) is 0 Å². The molecule has 0 atom stereocenters. The van der Waals surface area contributed by atoms with Crippen molar-refractivity contribution >= 4 is 0 Å². The van der Waals surface area contributed by atoms with Crippen LogP contribution < -0.4 is 5.32 Å². The molecule has 0 aromatic rings. The van der Waals surface area contributed by atoms with Gasteiger partial charge < -0.3 is 15.3 Å². The van der Waals surface area contributed by atoms with E-state index in [1.54, 1.807) is 19.0 Å². The molecule has 0 aromatic carbocycles. The third-order valence-electron chi connectivity index (χ3n) is 0.990. The predicted octanol–water partition coefficient (Wildman–Crippen LogP) is 3.76. The summed E-state index contributed by atoms with van der Waals surface area (Å²) in [6, 6.07) is 0. The molecule has 0 unspecified atom stereocenters. The normalized spacial score (nSPS) is 7.43. The summed E-state index contributed by atoms with van der Waals surface area (Å²) in [5.74, 6) is 0. The fourth-order valence-electron chi connectivity index (χ4n) is 0.354. The minimum absolute atomic E-state index is 0.139.